The number of fused-ring (bicyclic) bond motifs is 3. The fourth-order valence-electron chi connectivity index (χ4n) is 3.84. The maximum Gasteiger partial charge on any atom is 0.230 e. The minimum Gasteiger partial charge on any atom is -0.355 e. The van der Waals surface area contributed by atoms with Gasteiger partial charge in [-0.05, 0) is 43.6 Å². The second-order valence-corrected chi connectivity index (χ2v) is 8.86. The summed E-state index contributed by atoms with van der Waals surface area (Å²) in [5.41, 5.74) is 1.43. The predicted molar refractivity (Wildman–Crippen MR) is 99.7 cm³/mol. The molecule has 2 aromatic heterocycles. The molecule has 6 heteroatoms. The molecule has 0 radical (unpaired) electrons. The average molecular weight is 362 g/mol. The van der Waals surface area contributed by atoms with E-state index >= 15 is 0 Å². The van der Waals surface area contributed by atoms with Gasteiger partial charge in [-0.2, -0.15) is 0 Å². The number of carbonyl (C=O) groups excluding carboxylic acids is 1. The molecule has 4 rings (SSSR count). The Balaban J connectivity index is 1.37. The Morgan fingerprint density at radius 1 is 1.21 bits per heavy atom. The average Bonchev–Trinajstić information content (AvgIpc) is 3.20. The van der Waals surface area contributed by atoms with Gasteiger partial charge in [0.25, 0.3) is 0 Å². The monoisotopic (exact) mass is 361 g/mol. The fraction of sp³-hybridized carbons (Fsp3) is 0.611. The van der Waals surface area contributed by atoms with Gasteiger partial charge in [0.15, 0.2) is 0 Å². The summed E-state index contributed by atoms with van der Waals surface area (Å²) < 4.78 is 0. The Morgan fingerprint density at radius 3 is 2.96 bits per heavy atom. The number of rotatable bonds is 5. The summed E-state index contributed by atoms with van der Waals surface area (Å²) in [6, 6.07) is 0. The number of nitrogens with one attached hydrogen (secondary N) is 1. The largest absolute Gasteiger partial charge is 0.355 e. The highest BCUT2D eigenvalue weighted by Gasteiger charge is 2.21. The molecular weight excluding hydrogens is 338 g/mol. The van der Waals surface area contributed by atoms with Gasteiger partial charge >= 0.3 is 0 Å². The molecule has 2 aliphatic rings. The molecular formula is C18H23N3OS2. The SMILES string of the molecule is O=C(CSc1ncnc2sc3c(c12)CCC3)NCC1CCCCC1. The summed E-state index contributed by atoms with van der Waals surface area (Å²) in [5, 5.41) is 5.30. The van der Waals surface area contributed by atoms with Crippen molar-refractivity contribution in [2.75, 3.05) is 12.3 Å². The van der Waals surface area contributed by atoms with Crippen LogP contribution in [0, 0.1) is 5.92 Å². The van der Waals surface area contributed by atoms with Gasteiger partial charge in [-0.3, -0.25) is 4.79 Å². The molecule has 0 aliphatic heterocycles. The minimum absolute atomic E-state index is 0.129. The topological polar surface area (TPSA) is 54.9 Å². The lowest BCUT2D eigenvalue weighted by Gasteiger charge is -2.21. The van der Waals surface area contributed by atoms with E-state index in [1.54, 1.807) is 29.4 Å². The Labute approximate surface area is 150 Å². The lowest BCUT2D eigenvalue weighted by molar-refractivity contribution is -0.118. The van der Waals surface area contributed by atoms with Crippen molar-refractivity contribution >= 4 is 39.2 Å². The zero-order valence-corrected chi connectivity index (χ0v) is 15.5. The van der Waals surface area contributed by atoms with Crippen molar-refractivity contribution in [1.29, 1.82) is 0 Å². The highest BCUT2D eigenvalue weighted by atomic mass is 32.2. The van der Waals surface area contributed by atoms with Crippen LogP contribution in [0.15, 0.2) is 11.4 Å². The van der Waals surface area contributed by atoms with Crippen molar-refractivity contribution in [3.63, 3.8) is 0 Å². The number of thiophene rings is 1. The number of amides is 1. The first-order valence-electron chi connectivity index (χ1n) is 8.96. The summed E-state index contributed by atoms with van der Waals surface area (Å²) in [6.45, 7) is 0.840. The molecule has 128 valence electrons. The molecule has 1 saturated carbocycles. The molecule has 1 fully saturated rings. The molecule has 0 aromatic carbocycles. The third-order valence-electron chi connectivity index (χ3n) is 5.12. The molecule has 1 amide bonds. The summed E-state index contributed by atoms with van der Waals surface area (Å²) in [7, 11) is 0. The maximum absolute atomic E-state index is 12.2. The molecule has 0 bridgehead atoms. The standard InChI is InChI=1S/C18H23N3OS2/c22-15(19-9-12-5-2-1-3-6-12)10-23-17-16-13-7-4-8-14(13)24-18(16)21-11-20-17/h11-12H,1-10H2,(H,19,22). The quantitative estimate of drug-likeness (QED) is 0.647. The van der Waals surface area contributed by atoms with E-state index in [4.69, 9.17) is 0 Å². The first kappa shape index (κ1) is 16.3. The first-order chi connectivity index (χ1) is 11.8. The molecule has 2 aromatic rings. The van der Waals surface area contributed by atoms with Gasteiger partial charge < -0.3 is 5.32 Å². The van der Waals surface area contributed by atoms with Crippen LogP contribution in [0.5, 0.6) is 0 Å². The van der Waals surface area contributed by atoms with Gasteiger partial charge in [-0.15, -0.1) is 11.3 Å². The van der Waals surface area contributed by atoms with E-state index < -0.39 is 0 Å². The van der Waals surface area contributed by atoms with Crippen LogP contribution in [0.4, 0.5) is 0 Å². The van der Waals surface area contributed by atoms with E-state index in [1.807, 2.05) is 0 Å². The highest BCUT2D eigenvalue weighted by Crippen LogP contribution is 2.39. The van der Waals surface area contributed by atoms with Crippen molar-refractivity contribution in [2.45, 2.75) is 56.4 Å². The van der Waals surface area contributed by atoms with Crippen LogP contribution < -0.4 is 5.32 Å². The zero-order chi connectivity index (χ0) is 16.4. The first-order valence-corrected chi connectivity index (χ1v) is 10.8. The van der Waals surface area contributed by atoms with Crippen LogP contribution in [-0.2, 0) is 17.6 Å². The van der Waals surface area contributed by atoms with Crippen LogP contribution in [0.1, 0.15) is 49.0 Å². The van der Waals surface area contributed by atoms with Gasteiger partial charge in [0.05, 0.1) is 5.75 Å². The number of aromatic nitrogens is 2. The zero-order valence-electron chi connectivity index (χ0n) is 13.8. The Kier molecular flexibility index (Phi) is 5.03. The van der Waals surface area contributed by atoms with Gasteiger partial charge in [0.2, 0.25) is 5.91 Å². The van der Waals surface area contributed by atoms with Crippen LogP contribution in [0.2, 0.25) is 0 Å². The second-order valence-electron chi connectivity index (χ2n) is 6.81. The molecule has 24 heavy (non-hydrogen) atoms. The number of aryl methyl sites for hydroxylation is 2. The highest BCUT2D eigenvalue weighted by molar-refractivity contribution is 8.00. The molecule has 0 atom stereocenters. The van der Waals surface area contributed by atoms with E-state index in [0.717, 1.165) is 22.8 Å². The Hall–Kier alpha value is -1.14. The Morgan fingerprint density at radius 2 is 2.08 bits per heavy atom. The molecule has 0 unspecified atom stereocenters. The van der Waals surface area contributed by atoms with Crippen LogP contribution in [0.25, 0.3) is 10.2 Å². The van der Waals surface area contributed by atoms with E-state index in [0.29, 0.717) is 11.7 Å². The second kappa shape index (κ2) is 7.40. The van der Waals surface area contributed by atoms with Crippen LogP contribution >= 0.6 is 23.1 Å². The molecule has 0 spiro atoms. The van der Waals surface area contributed by atoms with Crippen molar-refractivity contribution in [1.82, 2.24) is 15.3 Å². The molecule has 4 nitrogen and oxygen atoms in total. The van der Waals surface area contributed by atoms with Gasteiger partial charge in [-0.25, -0.2) is 9.97 Å². The summed E-state index contributed by atoms with van der Waals surface area (Å²) in [5.74, 6) is 1.26. The predicted octanol–water partition coefficient (Wildman–Crippen LogP) is 3.97. The van der Waals surface area contributed by atoms with Crippen molar-refractivity contribution < 1.29 is 4.79 Å². The van der Waals surface area contributed by atoms with Gasteiger partial charge in [-0.1, -0.05) is 31.0 Å². The third kappa shape index (κ3) is 3.45. The summed E-state index contributed by atoms with van der Waals surface area (Å²) in [4.78, 5) is 23.6. The van der Waals surface area contributed by atoms with Crippen molar-refractivity contribution in [3.05, 3.63) is 16.8 Å². The smallest absolute Gasteiger partial charge is 0.230 e. The molecule has 2 heterocycles. The van der Waals surface area contributed by atoms with Gasteiger partial charge in [0, 0.05) is 16.8 Å². The number of hydrogen-bond donors (Lipinski definition) is 1. The molecule has 0 saturated heterocycles. The molecule has 1 N–H and O–H groups in total. The van der Waals surface area contributed by atoms with E-state index in [2.05, 4.69) is 15.3 Å². The van der Waals surface area contributed by atoms with Gasteiger partial charge in [0.1, 0.15) is 16.2 Å². The van der Waals surface area contributed by atoms with Crippen LogP contribution in [-0.4, -0.2) is 28.2 Å². The van der Waals surface area contributed by atoms with Crippen LogP contribution in [0.3, 0.4) is 0 Å². The lowest BCUT2D eigenvalue weighted by atomic mass is 9.89. The normalized spacial score (nSPS) is 18.0. The fourth-order valence-corrected chi connectivity index (χ4v) is 5.99. The molecule has 2 aliphatic carbocycles. The third-order valence-corrected chi connectivity index (χ3v) is 7.31. The van der Waals surface area contributed by atoms with E-state index in [1.165, 1.54) is 60.8 Å². The number of thioether (sulfide) groups is 1. The number of carbonyl (C=O) groups is 1. The van der Waals surface area contributed by atoms with E-state index in [9.17, 15) is 4.79 Å². The summed E-state index contributed by atoms with van der Waals surface area (Å²) in [6.07, 6.45) is 11.7. The number of hydrogen-bond acceptors (Lipinski definition) is 5. The summed E-state index contributed by atoms with van der Waals surface area (Å²) >= 11 is 3.36. The Bertz CT molecular complexity index is 737. The van der Waals surface area contributed by atoms with Crippen molar-refractivity contribution in [3.8, 4) is 0 Å². The lowest BCUT2D eigenvalue weighted by Crippen LogP contribution is -2.31. The van der Waals surface area contributed by atoms with Crippen molar-refractivity contribution in [2.24, 2.45) is 5.92 Å². The number of nitrogens with zero attached hydrogens (tertiary/aromatic N) is 2. The minimum atomic E-state index is 0.129. The maximum atomic E-state index is 12.2. The van der Waals surface area contributed by atoms with E-state index in [-0.39, 0.29) is 5.91 Å².